The van der Waals surface area contributed by atoms with E-state index in [1.165, 1.54) is 0 Å². The van der Waals surface area contributed by atoms with Crippen LogP contribution in [0.4, 0.5) is 0 Å². The predicted octanol–water partition coefficient (Wildman–Crippen LogP) is 3.21. The maximum Gasteiger partial charge on any atom is 0.213 e. The van der Waals surface area contributed by atoms with Crippen molar-refractivity contribution >= 4 is 17.3 Å². The highest BCUT2D eigenvalue weighted by molar-refractivity contribution is 6.24. The highest BCUT2D eigenvalue weighted by Crippen LogP contribution is 2.40. The molecule has 1 unspecified atom stereocenters. The highest BCUT2D eigenvalue weighted by Gasteiger charge is 2.51. The topological polar surface area (TPSA) is 69.7 Å². The third-order valence-corrected chi connectivity index (χ3v) is 4.27. The minimum atomic E-state index is -0.972. The molecule has 1 fully saturated rings. The average molecular weight is 336 g/mol. The first kappa shape index (κ1) is 18.7. The summed E-state index contributed by atoms with van der Waals surface area (Å²) in [4.78, 5) is 38.4. The van der Waals surface area contributed by atoms with Crippen LogP contribution >= 0.6 is 0 Å². The van der Waals surface area contributed by atoms with E-state index in [0.717, 1.165) is 19.3 Å². The zero-order valence-corrected chi connectivity index (χ0v) is 15.3. The predicted molar refractivity (Wildman–Crippen MR) is 89.1 cm³/mol. The summed E-state index contributed by atoms with van der Waals surface area (Å²) in [6, 6.07) is 0. The van der Waals surface area contributed by atoms with Crippen LogP contribution < -0.4 is 0 Å². The molecule has 0 aromatic rings. The van der Waals surface area contributed by atoms with Crippen LogP contribution in [0.15, 0.2) is 11.5 Å². The monoisotopic (exact) mass is 336 g/mol. The second-order valence-electron chi connectivity index (χ2n) is 7.27. The van der Waals surface area contributed by atoms with Gasteiger partial charge in [0.05, 0.1) is 12.2 Å². The summed E-state index contributed by atoms with van der Waals surface area (Å²) in [5, 5.41) is 0. The van der Waals surface area contributed by atoms with E-state index in [9.17, 15) is 14.4 Å². The molecule has 0 aromatic heterocycles. The molecular formula is C19H28O5. The van der Waals surface area contributed by atoms with E-state index in [0.29, 0.717) is 6.42 Å². The number of Topliss-reactive ketones (excluding diaryl/α,β-unsaturated/α-hetero) is 3. The van der Waals surface area contributed by atoms with Crippen LogP contribution in [0.5, 0.6) is 0 Å². The summed E-state index contributed by atoms with van der Waals surface area (Å²) in [6.45, 7) is 9.14. The normalized spacial score (nSPS) is 20.3. The van der Waals surface area contributed by atoms with E-state index < -0.39 is 23.4 Å². The van der Waals surface area contributed by atoms with Crippen LogP contribution in [0.2, 0.25) is 0 Å². The molecule has 0 N–H and O–H groups in total. The number of rotatable bonds is 9. The van der Waals surface area contributed by atoms with Gasteiger partial charge in [0.15, 0.2) is 0 Å². The van der Waals surface area contributed by atoms with Crippen LogP contribution in [0, 0.1) is 17.8 Å². The molecule has 0 saturated heterocycles. The molecule has 0 aromatic carbocycles. The minimum absolute atomic E-state index is 0.00148. The maximum absolute atomic E-state index is 12.9. The van der Waals surface area contributed by atoms with Gasteiger partial charge in [0, 0.05) is 11.8 Å². The van der Waals surface area contributed by atoms with Gasteiger partial charge in [0.25, 0.3) is 0 Å². The van der Waals surface area contributed by atoms with E-state index in [4.69, 9.17) is 9.47 Å². The Morgan fingerprint density at radius 1 is 1.00 bits per heavy atom. The van der Waals surface area contributed by atoms with Crippen molar-refractivity contribution in [2.75, 3.05) is 0 Å². The van der Waals surface area contributed by atoms with Crippen molar-refractivity contribution in [2.45, 2.75) is 72.5 Å². The van der Waals surface area contributed by atoms with Crippen LogP contribution in [0.3, 0.4) is 0 Å². The second-order valence-corrected chi connectivity index (χ2v) is 7.27. The molecule has 0 radical (unpaired) electrons. The van der Waals surface area contributed by atoms with Gasteiger partial charge in [-0.15, -0.1) is 0 Å². The number of hydrogen-bond donors (Lipinski definition) is 0. The zero-order chi connectivity index (χ0) is 18.0. The molecule has 1 saturated carbocycles. The maximum atomic E-state index is 12.9. The molecule has 2 aliphatic carbocycles. The Morgan fingerprint density at radius 2 is 1.46 bits per heavy atom. The molecule has 0 spiro atoms. The fourth-order valence-corrected chi connectivity index (χ4v) is 3.14. The highest BCUT2D eigenvalue weighted by atomic mass is 16.5. The van der Waals surface area contributed by atoms with Crippen molar-refractivity contribution in [1.29, 1.82) is 0 Å². The summed E-state index contributed by atoms with van der Waals surface area (Å²) in [6.07, 6.45) is 2.54. The molecule has 134 valence electrons. The van der Waals surface area contributed by atoms with E-state index in [1.807, 2.05) is 6.92 Å². The summed E-state index contributed by atoms with van der Waals surface area (Å²) < 4.78 is 11.2. The summed E-state index contributed by atoms with van der Waals surface area (Å²) >= 11 is 0. The molecule has 0 aliphatic heterocycles. The Labute approximate surface area is 143 Å². The van der Waals surface area contributed by atoms with Gasteiger partial charge in [-0.05, 0) is 47.0 Å². The number of carbonyl (C=O) groups excluding carboxylic acids is 3. The van der Waals surface area contributed by atoms with E-state index in [1.54, 1.807) is 27.7 Å². The van der Waals surface area contributed by atoms with Gasteiger partial charge in [0.1, 0.15) is 11.7 Å². The van der Waals surface area contributed by atoms with Crippen molar-refractivity contribution in [3.05, 3.63) is 11.5 Å². The second kappa shape index (κ2) is 7.49. The first-order chi connectivity index (χ1) is 11.3. The molecule has 5 nitrogen and oxygen atoms in total. The standard InChI is InChI=1S/C19H28O5/c1-6-7-13(15(20)12-8-9-12)14-16(21)18(23-10(2)3)19(17(14)22)24-11(4)5/h10-14H,6-9H2,1-5H3. The van der Waals surface area contributed by atoms with Crippen LogP contribution in [-0.2, 0) is 23.9 Å². The summed E-state index contributed by atoms with van der Waals surface area (Å²) in [5.41, 5.74) is 0. The molecule has 2 aliphatic rings. The summed E-state index contributed by atoms with van der Waals surface area (Å²) in [7, 11) is 0. The summed E-state index contributed by atoms with van der Waals surface area (Å²) in [5.74, 6) is -2.24. The lowest BCUT2D eigenvalue weighted by Crippen LogP contribution is -2.34. The lowest BCUT2D eigenvalue weighted by atomic mass is 9.80. The van der Waals surface area contributed by atoms with Crippen LogP contribution in [0.25, 0.3) is 0 Å². The quantitative estimate of drug-likeness (QED) is 0.605. The Balaban J connectivity index is 2.33. The molecule has 2 rings (SSSR count). The van der Waals surface area contributed by atoms with Crippen LogP contribution in [0.1, 0.15) is 60.3 Å². The molecule has 0 bridgehead atoms. The zero-order valence-electron chi connectivity index (χ0n) is 15.3. The van der Waals surface area contributed by atoms with Gasteiger partial charge in [-0.2, -0.15) is 0 Å². The lowest BCUT2D eigenvalue weighted by Gasteiger charge is -2.20. The molecule has 24 heavy (non-hydrogen) atoms. The van der Waals surface area contributed by atoms with Crippen LogP contribution in [-0.4, -0.2) is 29.6 Å². The average Bonchev–Trinajstić information content (AvgIpc) is 3.30. The fourth-order valence-electron chi connectivity index (χ4n) is 3.14. The van der Waals surface area contributed by atoms with Crippen molar-refractivity contribution in [3.63, 3.8) is 0 Å². The lowest BCUT2D eigenvalue weighted by molar-refractivity contribution is -0.138. The Bertz CT molecular complexity index is 522. The van der Waals surface area contributed by atoms with E-state index in [-0.39, 0.29) is 35.4 Å². The number of ether oxygens (including phenoxy) is 2. The number of carbonyl (C=O) groups is 3. The van der Waals surface area contributed by atoms with Gasteiger partial charge in [0.2, 0.25) is 23.1 Å². The number of ketones is 3. The molecule has 1 atom stereocenters. The van der Waals surface area contributed by atoms with Crippen molar-refractivity contribution in [3.8, 4) is 0 Å². The molecular weight excluding hydrogens is 308 g/mol. The van der Waals surface area contributed by atoms with Gasteiger partial charge < -0.3 is 9.47 Å². The van der Waals surface area contributed by atoms with Crippen molar-refractivity contribution in [2.24, 2.45) is 17.8 Å². The van der Waals surface area contributed by atoms with Gasteiger partial charge in [-0.3, -0.25) is 14.4 Å². The fraction of sp³-hybridized carbons (Fsp3) is 0.737. The molecule has 0 amide bonds. The third kappa shape index (κ3) is 3.87. The van der Waals surface area contributed by atoms with Gasteiger partial charge >= 0.3 is 0 Å². The largest absolute Gasteiger partial charge is 0.484 e. The number of hydrogen-bond acceptors (Lipinski definition) is 5. The molecule has 0 heterocycles. The first-order valence-electron chi connectivity index (χ1n) is 8.97. The van der Waals surface area contributed by atoms with Crippen molar-refractivity contribution < 1.29 is 23.9 Å². The van der Waals surface area contributed by atoms with Gasteiger partial charge in [-0.1, -0.05) is 13.3 Å². The molecule has 5 heteroatoms. The third-order valence-electron chi connectivity index (χ3n) is 4.27. The van der Waals surface area contributed by atoms with E-state index in [2.05, 4.69) is 0 Å². The minimum Gasteiger partial charge on any atom is -0.484 e. The number of allylic oxidation sites excluding steroid dienone is 2. The Morgan fingerprint density at radius 3 is 1.79 bits per heavy atom. The Kier molecular flexibility index (Phi) is 5.83. The van der Waals surface area contributed by atoms with E-state index >= 15 is 0 Å². The first-order valence-corrected chi connectivity index (χ1v) is 8.97. The SMILES string of the molecule is CCCC(C(=O)C1CC1)C1C(=O)C(OC(C)C)=C(OC(C)C)C1=O. The smallest absolute Gasteiger partial charge is 0.213 e. The van der Waals surface area contributed by atoms with Crippen molar-refractivity contribution in [1.82, 2.24) is 0 Å². The van der Waals surface area contributed by atoms with Gasteiger partial charge in [-0.25, -0.2) is 0 Å². The Hall–Kier alpha value is -1.65.